The van der Waals surface area contributed by atoms with Crippen molar-refractivity contribution in [2.24, 2.45) is 0 Å². The van der Waals surface area contributed by atoms with Crippen molar-refractivity contribution < 1.29 is 65.6 Å². The summed E-state index contributed by atoms with van der Waals surface area (Å²) >= 11 is 0. The van der Waals surface area contributed by atoms with Crippen LogP contribution in [0, 0.1) is 46.0 Å². The van der Waals surface area contributed by atoms with Crippen LogP contribution >= 0.6 is 0 Å². The summed E-state index contributed by atoms with van der Waals surface area (Å²) < 4.78 is 0. The van der Waals surface area contributed by atoms with E-state index in [-0.39, 0.29) is 50.3 Å². The Bertz CT molecular complexity index is 123. The number of rotatable bonds is 0. The minimum atomic E-state index is -1.75. The summed E-state index contributed by atoms with van der Waals surface area (Å²) in [4.78, 5) is 24.8. The Hall–Kier alpha value is -0.881. The monoisotopic (exact) mass is 359 g/mol. The predicted molar refractivity (Wildman–Crippen MR) is 31.1 cm³/mol. The molecule has 0 spiro atoms. The third-order valence-electron chi connectivity index (χ3n) is 0. The molecule has 0 saturated carbocycles. The Labute approximate surface area is 112 Å². The molecule has 0 aliphatic rings. The molecule has 0 unspecified atom stereocenters. The summed E-state index contributed by atoms with van der Waals surface area (Å²) in [5, 5.41) is 44.2. The zero-order valence-electron chi connectivity index (χ0n) is 6.02. The van der Waals surface area contributed by atoms with Crippen LogP contribution in [0.1, 0.15) is 0 Å². The van der Waals surface area contributed by atoms with E-state index in [1.807, 2.05) is 0 Å². The molecule has 0 amide bonds. The van der Waals surface area contributed by atoms with Gasteiger partial charge in [-0.1, -0.05) is 0 Å². The standard InChI is InChI=1S/Co.Fe.3NO3.Ni/c;;3*2-1(3)4;/q2*+2;3*-1;+2. The van der Waals surface area contributed by atoms with Crippen LogP contribution in [0.25, 0.3) is 0 Å². The van der Waals surface area contributed by atoms with Gasteiger partial charge in [-0.25, -0.2) is 0 Å². The minimum absolute atomic E-state index is 0. The van der Waals surface area contributed by atoms with Crippen LogP contribution in [0.2, 0.25) is 0 Å². The van der Waals surface area contributed by atoms with E-state index in [9.17, 15) is 0 Å². The smallest absolute Gasteiger partial charge is 0.356 e. The summed E-state index contributed by atoms with van der Waals surface area (Å²) in [6, 6.07) is 0. The molecule has 0 aromatic rings. The molecule has 12 nitrogen and oxygen atoms in total. The summed E-state index contributed by atoms with van der Waals surface area (Å²) in [5.41, 5.74) is 0. The molecule has 0 aromatic heterocycles. The Morgan fingerprint density at radius 2 is 0.600 bits per heavy atom. The van der Waals surface area contributed by atoms with Crippen molar-refractivity contribution in [3.63, 3.8) is 0 Å². The van der Waals surface area contributed by atoms with E-state index in [0.29, 0.717) is 0 Å². The second-order valence-electron chi connectivity index (χ2n) is 0.671. The molecule has 0 aromatic carbocycles. The Morgan fingerprint density at radius 3 is 0.600 bits per heavy atom. The Kier molecular flexibility index (Phi) is 71.8. The summed E-state index contributed by atoms with van der Waals surface area (Å²) in [6.45, 7) is 0. The maximum atomic E-state index is 8.25. The quantitative estimate of drug-likeness (QED) is 0.304. The normalized spacial score (nSPS) is 4.80. The molecule has 0 aliphatic heterocycles. The fraction of sp³-hybridized carbons (Fsp3) is 0. The summed E-state index contributed by atoms with van der Waals surface area (Å²) in [5.74, 6) is 0. The second-order valence-corrected chi connectivity index (χ2v) is 0.671. The molecular formula is CoFeN3NiO9+3. The fourth-order valence-electron chi connectivity index (χ4n) is 0. The summed E-state index contributed by atoms with van der Waals surface area (Å²) in [7, 11) is 0. The van der Waals surface area contributed by atoms with Crippen LogP contribution in [0.4, 0.5) is 0 Å². The fourth-order valence-corrected chi connectivity index (χ4v) is 0. The van der Waals surface area contributed by atoms with Crippen molar-refractivity contribution in [3.05, 3.63) is 46.0 Å². The molecule has 0 heterocycles. The second kappa shape index (κ2) is 29.2. The van der Waals surface area contributed by atoms with Gasteiger partial charge in [0.25, 0.3) is 0 Å². The van der Waals surface area contributed by atoms with Crippen LogP contribution in [0.3, 0.4) is 0 Å². The SMILES string of the molecule is O=[N+]([O-])[O-].O=[N+]([O-])[O-].O=[N+]([O-])[O-].[Co+2].[Fe+2].[Ni+2]. The average molecular weight is 359 g/mol. The van der Waals surface area contributed by atoms with Gasteiger partial charge in [-0.15, -0.1) is 0 Å². The third-order valence-corrected chi connectivity index (χ3v) is 0. The molecule has 0 aliphatic carbocycles. The molecule has 0 fully saturated rings. The average Bonchev–Trinajstić information content (AvgIpc) is 1.54. The Morgan fingerprint density at radius 1 is 0.600 bits per heavy atom. The van der Waals surface area contributed by atoms with Gasteiger partial charge < -0.3 is 46.0 Å². The van der Waals surface area contributed by atoms with Gasteiger partial charge in [0.2, 0.25) is 0 Å². The van der Waals surface area contributed by atoms with Crippen molar-refractivity contribution >= 4 is 0 Å². The first-order valence-electron chi connectivity index (χ1n) is 1.64. The van der Waals surface area contributed by atoms with Crippen molar-refractivity contribution in [2.45, 2.75) is 0 Å². The largest absolute Gasteiger partial charge is 2.00 e. The molecule has 0 atom stereocenters. The van der Waals surface area contributed by atoms with Crippen LogP contribution in [0.15, 0.2) is 0 Å². The van der Waals surface area contributed by atoms with Gasteiger partial charge >= 0.3 is 50.3 Å². The predicted octanol–water partition coefficient (Wildman–Crippen LogP) is -0.725. The van der Waals surface area contributed by atoms with Gasteiger partial charge in [0.05, 0.1) is 15.3 Å². The van der Waals surface area contributed by atoms with E-state index < -0.39 is 15.3 Å². The van der Waals surface area contributed by atoms with E-state index in [4.69, 9.17) is 46.0 Å². The Balaban J connectivity index is -0.0000000184. The van der Waals surface area contributed by atoms with Gasteiger partial charge in [-0.05, 0) is 0 Å². The number of hydrogen-bond acceptors (Lipinski definition) is 9. The first-order valence-corrected chi connectivity index (χ1v) is 1.64. The zero-order valence-corrected chi connectivity index (χ0v) is 9.15. The van der Waals surface area contributed by atoms with E-state index in [1.54, 1.807) is 0 Å². The maximum absolute atomic E-state index is 8.25. The molecule has 15 heavy (non-hydrogen) atoms. The zero-order chi connectivity index (χ0) is 10.7. The van der Waals surface area contributed by atoms with E-state index in [0.717, 1.165) is 0 Å². The van der Waals surface area contributed by atoms with Crippen molar-refractivity contribution in [1.29, 1.82) is 0 Å². The summed E-state index contributed by atoms with van der Waals surface area (Å²) in [6.07, 6.45) is 0. The number of nitrogens with zero attached hydrogens (tertiary/aromatic N) is 3. The van der Waals surface area contributed by atoms with Gasteiger partial charge in [0.15, 0.2) is 0 Å². The molecule has 93 valence electrons. The van der Waals surface area contributed by atoms with Crippen LogP contribution in [-0.4, -0.2) is 15.3 Å². The molecular weight excluding hydrogens is 359 g/mol. The molecule has 0 rings (SSSR count). The van der Waals surface area contributed by atoms with Crippen molar-refractivity contribution in [2.75, 3.05) is 0 Å². The molecule has 0 N–H and O–H groups in total. The first kappa shape index (κ1) is 36.9. The molecule has 0 saturated heterocycles. The van der Waals surface area contributed by atoms with Gasteiger partial charge in [-0.3, -0.25) is 0 Å². The van der Waals surface area contributed by atoms with Crippen LogP contribution in [0.5, 0.6) is 0 Å². The third kappa shape index (κ3) is 2090. The van der Waals surface area contributed by atoms with E-state index in [2.05, 4.69) is 0 Å². The first-order chi connectivity index (χ1) is 5.20. The van der Waals surface area contributed by atoms with Gasteiger partial charge in [0, 0.05) is 0 Å². The van der Waals surface area contributed by atoms with Gasteiger partial charge in [0.1, 0.15) is 0 Å². The van der Waals surface area contributed by atoms with Crippen molar-refractivity contribution in [3.8, 4) is 0 Å². The van der Waals surface area contributed by atoms with Crippen LogP contribution in [-0.2, 0) is 50.3 Å². The van der Waals surface area contributed by atoms with Crippen LogP contribution < -0.4 is 0 Å². The molecule has 1 radical (unpaired) electrons. The van der Waals surface area contributed by atoms with E-state index >= 15 is 0 Å². The topological polar surface area (TPSA) is 199 Å². The molecule has 0 bridgehead atoms. The minimum Gasteiger partial charge on any atom is -0.356 e. The maximum Gasteiger partial charge on any atom is 2.00 e. The number of hydrogen-bond donors (Lipinski definition) is 0. The molecule has 15 heteroatoms. The van der Waals surface area contributed by atoms with E-state index in [1.165, 1.54) is 0 Å². The van der Waals surface area contributed by atoms with Gasteiger partial charge in [-0.2, -0.15) is 0 Å². The van der Waals surface area contributed by atoms with Crippen molar-refractivity contribution in [1.82, 2.24) is 0 Å².